The summed E-state index contributed by atoms with van der Waals surface area (Å²) in [6.07, 6.45) is -1.31. The fraction of sp³-hybridized carbons (Fsp3) is 0.227. The molecule has 0 radical (unpaired) electrons. The lowest BCUT2D eigenvalue weighted by Crippen LogP contribution is -2.35. The first-order valence-electron chi connectivity index (χ1n) is 10.2. The van der Waals surface area contributed by atoms with E-state index in [1.807, 2.05) is 37.7 Å². The summed E-state index contributed by atoms with van der Waals surface area (Å²) in [6.45, 7) is 4.22. The molecule has 0 fully saturated rings. The lowest BCUT2D eigenvalue weighted by Gasteiger charge is -2.09. The molecule has 4 rings (SSSR count). The molecule has 176 valence electrons. The Hall–Kier alpha value is -4.22. The normalized spacial score (nSPS) is 11.5. The average Bonchev–Trinajstić information content (AvgIpc) is 3.31. The highest BCUT2D eigenvalue weighted by molar-refractivity contribution is 5.98. The van der Waals surface area contributed by atoms with Gasteiger partial charge in [-0.15, -0.1) is 0 Å². The minimum absolute atomic E-state index is 0.0110. The molecule has 4 aromatic rings. The van der Waals surface area contributed by atoms with Crippen LogP contribution in [-0.2, 0) is 19.8 Å². The summed E-state index contributed by atoms with van der Waals surface area (Å²) < 4.78 is 46.8. The first-order chi connectivity index (χ1) is 16.1. The number of amides is 2. The van der Waals surface area contributed by atoms with Gasteiger partial charge < -0.3 is 5.32 Å². The van der Waals surface area contributed by atoms with Crippen molar-refractivity contribution in [3.63, 3.8) is 0 Å². The summed E-state index contributed by atoms with van der Waals surface area (Å²) in [5, 5.41) is 13.0. The van der Waals surface area contributed by atoms with E-state index in [-0.39, 0.29) is 18.1 Å². The highest BCUT2D eigenvalue weighted by atomic mass is 19.4. The summed E-state index contributed by atoms with van der Waals surface area (Å²) in [5.41, 5.74) is 3.77. The van der Waals surface area contributed by atoms with E-state index in [9.17, 15) is 18.0 Å². The van der Waals surface area contributed by atoms with Crippen LogP contribution in [-0.4, -0.2) is 26.1 Å². The van der Waals surface area contributed by atoms with Gasteiger partial charge in [-0.3, -0.25) is 19.5 Å². The zero-order valence-corrected chi connectivity index (χ0v) is 18.5. The van der Waals surface area contributed by atoms with Crippen LogP contribution in [0, 0.1) is 13.8 Å². The highest BCUT2D eigenvalue weighted by Crippen LogP contribution is 2.30. The molecule has 0 saturated carbocycles. The molecular weight excluding hydrogens is 451 g/mol. The van der Waals surface area contributed by atoms with Crippen molar-refractivity contribution in [2.75, 3.05) is 10.6 Å². The molecule has 0 saturated heterocycles. The van der Waals surface area contributed by atoms with Crippen molar-refractivity contribution in [2.45, 2.75) is 26.6 Å². The summed E-state index contributed by atoms with van der Waals surface area (Å²) in [5.74, 6) is 0.0164. The Bertz CT molecular complexity index is 1330. The molecule has 12 heteroatoms. The van der Waals surface area contributed by atoms with Crippen molar-refractivity contribution < 1.29 is 27.2 Å². The Morgan fingerprint density at radius 1 is 1.18 bits per heavy atom. The number of carbonyl (C=O) groups is 1. The van der Waals surface area contributed by atoms with Crippen LogP contribution in [0.5, 0.6) is 0 Å². The van der Waals surface area contributed by atoms with Gasteiger partial charge in [-0.05, 0) is 42.8 Å². The predicted molar refractivity (Wildman–Crippen MR) is 116 cm³/mol. The first kappa shape index (κ1) is 23.0. The minimum Gasteiger partial charge on any atom is -0.308 e. The van der Waals surface area contributed by atoms with Crippen molar-refractivity contribution >= 4 is 17.6 Å². The maximum atomic E-state index is 12.8. The van der Waals surface area contributed by atoms with Crippen molar-refractivity contribution in [3.05, 3.63) is 71.4 Å². The summed E-state index contributed by atoms with van der Waals surface area (Å²) in [6, 6.07) is 7.34. The van der Waals surface area contributed by atoms with Crippen molar-refractivity contribution in [1.29, 1.82) is 0 Å². The summed E-state index contributed by atoms with van der Waals surface area (Å²) in [4.78, 5) is 16.6. The van der Waals surface area contributed by atoms with Gasteiger partial charge in [0.05, 0.1) is 11.3 Å². The van der Waals surface area contributed by atoms with Gasteiger partial charge in [0, 0.05) is 35.8 Å². The van der Waals surface area contributed by atoms with E-state index in [0.29, 0.717) is 5.69 Å². The maximum Gasteiger partial charge on any atom is 0.416 e. The molecular formula is C22H21F3N7O2+. The van der Waals surface area contributed by atoms with Crippen LogP contribution in [0.2, 0.25) is 0 Å². The Labute approximate surface area is 192 Å². The van der Waals surface area contributed by atoms with Crippen LogP contribution in [0.1, 0.15) is 22.6 Å². The van der Waals surface area contributed by atoms with Crippen LogP contribution in [0.25, 0.3) is 11.1 Å². The number of alkyl halides is 3. The van der Waals surface area contributed by atoms with Gasteiger partial charge in [0.15, 0.2) is 0 Å². The number of urea groups is 1. The van der Waals surface area contributed by atoms with Gasteiger partial charge in [-0.2, -0.15) is 18.3 Å². The SMILES string of the molecule is Cc1nn(C)c(C)c1-c1ccc(C[n+]2cc(NC(=O)Nc3cccc(C(F)(F)F)c3)on2)nc1. The minimum atomic E-state index is -4.51. The van der Waals surface area contributed by atoms with Crippen LogP contribution in [0.3, 0.4) is 0 Å². The zero-order valence-electron chi connectivity index (χ0n) is 18.5. The summed E-state index contributed by atoms with van der Waals surface area (Å²) >= 11 is 0. The molecule has 0 atom stereocenters. The molecule has 9 nitrogen and oxygen atoms in total. The molecule has 2 N–H and O–H groups in total. The molecule has 2 amide bonds. The van der Waals surface area contributed by atoms with Crippen molar-refractivity contribution in [3.8, 4) is 11.1 Å². The van der Waals surface area contributed by atoms with E-state index in [1.54, 1.807) is 6.20 Å². The number of pyridine rings is 1. The van der Waals surface area contributed by atoms with E-state index in [0.717, 1.165) is 34.6 Å². The van der Waals surface area contributed by atoms with Gasteiger partial charge >= 0.3 is 18.1 Å². The average molecular weight is 472 g/mol. The predicted octanol–water partition coefficient (Wildman–Crippen LogP) is 4.09. The topological polar surface area (TPSA) is 102 Å². The second kappa shape index (κ2) is 8.96. The van der Waals surface area contributed by atoms with E-state index in [2.05, 4.69) is 26.0 Å². The Balaban J connectivity index is 1.38. The molecule has 0 unspecified atom stereocenters. The quantitative estimate of drug-likeness (QED) is 0.426. The largest absolute Gasteiger partial charge is 0.416 e. The van der Waals surface area contributed by atoms with Crippen LogP contribution >= 0.6 is 0 Å². The van der Waals surface area contributed by atoms with Gasteiger partial charge in [0.1, 0.15) is 5.69 Å². The second-order valence-corrected chi connectivity index (χ2v) is 7.63. The Morgan fingerprint density at radius 3 is 2.62 bits per heavy atom. The number of hydrogen-bond donors (Lipinski definition) is 2. The van der Waals surface area contributed by atoms with Crippen LogP contribution in [0.4, 0.5) is 29.5 Å². The molecule has 0 aliphatic heterocycles. The number of halogens is 3. The van der Waals surface area contributed by atoms with E-state index >= 15 is 0 Å². The number of nitrogens with zero attached hydrogens (tertiary/aromatic N) is 5. The van der Waals surface area contributed by atoms with Gasteiger partial charge in [0.25, 0.3) is 6.20 Å². The number of aromatic nitrogens is 5. The molecule has 0 aliphatic carbocycles. The monoisotopic (exact) mass is 472 g/mol. The molecule has 34 heavy (non-hydrogen) atoms. The molecule has 0 spiro atoms. The van der Waals surface area contributed by atoms with Crippen LogP contribution < -0.4 is 15.3 Å². The molecule has 0 aliphatic rings. The number of aryl methyl sites for hydroxylation is 2. The highest BCUT2D eigenvalue weighted by Gasteiger charge is 2.30. The molecule has 1 aromatic carbocycles. The van der Waals surface area contributed by atoms with Crippen molar-refractivity contribution in [2.24, 2.45) is 7.05 Å². The Kier molecular flexibility index (Phi) is 6.05. The third-order valence-electron chi connectivity index (χ3n) is 5.14. The lowest BCUT2D eigenvalue weighted by molar-refractivity contribution is -0.755. The van der Waals surface area contributed by atoms with Crippen molar-refractivity contribution in [1.82, 2.24) is 20.0 Å². The number of rotatable bonds is 5. The fourth-order valence-corrected chi connectivity index (χ4v) is 3.48. The number of carbonyl (C=O) groups excluding carboxylic acids is 1. The van der Waals surface area contributed by atoms with E-state index in [1.165, 1.54) is 23.0 Å². The molecule has 0 bridgehead atoms. The zero-order chi connectivity index (χ0) is 24.5. The van der Waals surface area contributed by atoms with E-state index < -0.39 is 17.8 Å². The molecule has 3 aromatic heterocycles. The smallest absolute Gasteiger partial charge is 0.308 e. The first-order valence-corrected chi connectivity index (χ1v) is 10.2. The third kappa shape index (κ3) is 5.05. The fourth-order valence-electron chi connectivity index (χ4n) is 3.48. The standard InChI is InChI=1S/C22H20F3N7O2/c1-13-20(14(2)31(3)29-13)15-7-8-18(26-10-15)11-32-12-19(34-30-32)28-21(33)27-17-6-4-5-16(9-17)22(23,24)25/h4-10,12H,11H2,1-3H3,(H-,27,28,30,33)/p+1. The number of hydrogen-bond acceptors (Lipinski definition) is 5. The maximum absolute atomic E-state index is 12.8. The number of nitrogens with one attached hydrogen (secondary N) is 2. The van der Waals surface area contributed by atoms with E-state index in [4.69, 9.17) is 4.52 Å². The molecule has 3 heterocycles. The number of benzene rings is 1. The van der Waals surface area contributed by atoms with Gasteiger partial charge in [0.2, 0.25) is 11.8 Å². The van der Waals surface area contributed by atoms with Gasteiger partial charge in [-0.25, -0.2) is 4.79 Å². The number of anilines is 2. The van der Waals surface area contributed by atoms with Crippen LogP contribution in [0.15, 0.2) is 53.3 Å². The lowest BCUT2D eigenvalue weighted by atomic mass is 10.1. The second-order valence-electron chi connectivity index (χ2n) is 7.63. The Morgan fingerprint density at radius 2 is 1.97 bits per heavy atom. The third-order valence-corrected chi connectivity index (χ3v) is 5.14. The van der Waals surface area contributed by atoms with Gasteiger partial charge in [-0.1, -0.05) is 12.1 Å². The summed E-state index contributed by atoms with van der Waals surface area (Å²) in [7, 11) is 1.89.